The SMILES string of the molecule is CCC1CC(N2C(=O)C(C)(C)c3ccc([B]OC(C)(C)C(C)(C)S)cc32)C1.CCCCC(C)(C)CC. The Morgan fingerprint density at radius 2 is 1.69 bits per heavy atom. The summed E-state index contributed by atoms with van der Waals surface area (Å²) in [6.07, 6.45) is 8.86. The van der Waals surface area contributed by atoms with Crippen LogP contribution in [0.15, 0.2) is 18.2 Å². The largest absolute Gasteiger partial charge is 0.428 e. The lowest BCUT2D eigenvalue weighted by atomic mass is 9.77. The number of nitrogens with zero attached hydrogens (tertiary/aromatic N) is 1. The van der Waals surface area contributed by atoms with E-state index in [0.717, 1.165) is 35.5 Å². The Labute approximate surface area is 229 Å². The lowest BCUT2D eigenvalue weighted by molar-refractivity contribution is -0.123. The standard InChI is InChI=1S/C22H33BNO2S.C9H20/c1-8-14-11-16(12-14)24-18-13-15(23-26-21(4,5)22(6,7)27)9-10-17(18)20(2,3)19(24)25;1-5-7-8-9(3,4)6-2/h9-10,13-14,16,27H,8,11-12H2,1-7H3;5-8H2,1-4H3. The molecule has 3 nitrogen and oxygen atoms in total. The van der Waals surface area contributed by atoms with Crippen LogP contribution in [0.3, 0.4) is 0 Å². The van der Waals surface area contributed by atoms with Crippen LogP contribution in [0.2, 0.25) is 0 Å². The predicted octanol–water partition coefficient (Wildman–Crippen LogP) is 7.86. The van der Waals surface area contributed by atoms with Gasteiger partial charge >= 0.3 is 7.48 Å². The molecular weight excluding hydrogens is 461 g/mol. The van der Waals surface area contributed by atoms with Gasteiger partial charge in [-0.1, -0.05) is 77.9 Å². The molecule has 1 aromatic carbocycles. The number of fused-ring (bicyclic) bond motifs is 1. The Hall–Kier alpha value is -0.935. The molecule has 0 saturated heterocycles. The van der Waals surface area contributed by atoms with Crippen molar-refractivity contribution in [2.75, 3.05) is 4.90 Å². The number of carbonyl (C=O) groups excluding carboxylic acids is 1. The molecule has 1 fully saturated rings. The van der Waals surface area contributed by atoms with E-state index in [9.17, 15) is 4.79 Å². The number of anilines is 1. The predicted molar refractivity (Wildman–Crippen MR) is 161 cm³/mol. The molecule has 1 aromatic rings. The first-order valence-corrected chi connectivity index (χ1v) is 14.7. The second-order valence-electron chi connectivity index (χ2n) is 13.4. The van der Waals surface area contributed by atoms with E-state index < -0.39 is 11.0 Å². The highest BCUT2D eigenvalue weighted by Crippen LogP contribution is 2.46. The Morgan fingerprint density at radius 3 is 2.19 bits per heavy atom. The molecule has 0 atom stereocenters. The van der Waals surface area contributed by atoms with Crippen molar-refractivity contribution < 1.29 is 9.45 Å². The van der Waals surface area contributed by atoms with E-state index in [1.165, 1.54) is 32.1 Å². The van der Waals surface area contributed by atoms with E-state index >= 15 is 0 Å². The summed E-state index contributed by atoms with van der Waals surface area (Å²) in [5.41, 5.74) is 2.89. The van der Waals surface area contributed by atoms with Gasteiger partial charge in [-0.25, -0.2) is 0 Å². The maximum Gasteiger partial charge on any atom is 0.330 e. The van der Waals surface area contributed by atoms with Crippen LogP contribution < -0.4 is 10.4 Å². The minimum absolute atomic E-state index is 0.229. The Morgan fingerprint density at radius 1 is 1.08 bits per heavy atom. The number of benzene rings is 1. The molecule has 1 aliphatic heterocycles. The summed E-state index contributed by atoms with van der Waals surface area (Å²) in [4.78, 5) is 15.2. The summed E-state index contributed by atoms with van der Waals surface area (Å²) in [7, 11) is 1.81. The van der Waals surface area contributed by atoms with Crippen molar-refractivity contribution in [2.45, 2.75) is 143 Å². The van der Waals surface area contributed by atoms with Gasteiger partial charge in [0.15, 0.2) is 0 Å². The van der Waals surface area contributed by atoms with Crippen LogP contribution in [-0.2, 0) is 14.9 Å². The monoisotopic (exact) mass is 514 g/mol. The van der Waals surface area contributed by atoms with Crippen molar-refractivity contribution in [1.82, 2.24) is 0 Å². The number of hydrogen-bond acceptors (Lipinski definition) is 3. The van der Waals surface area contributed by atoms with Gasteiger partial charge in [0.1, 0.15) is 0 Å². The third kappa shape index (κ3) is 7.13. The zero-order valence-electron chi connectivity index (χ0n) is 25.1. The van der Waals surface area contributed by atoms with Crippen LogP contribution in [0.4, 0.5) is 5.69 Å². The molecule has 0 spiro atoms. The fourth-order valence-electron chi connectivity index (χ4n) is 4.67. The molecular formula is C31H53BNO2S. The van der Waals surface area contributed by atoms with Crippen LogP contribution in [0.5, 0.6) is 0 Å². The summed E-state index contributed by atoms with van der Waals surface area (Å²) in [6, 6.07) is 6.60. The molecule has 1 heterocycles. The third-order valence-corrected chi connectivity index (χ3v) is 9.53. The highest BCUT2D eigenvalue weighted by atomic mass is 32.1. The van der Waals surface area contributed by atoms with E-state index in [1.807, 2.05) is 35.2 Å². The van der Waals surface area contributed by atoms with Gasteiger partial charge in [-0.15, -0.1) is 0 Å². The van der Waals surface area contributed by atoms with E-state index in [1.54, 1.807) is 0 Å². The molecule has 0 N–H and O–H groups in total. The summed E-state index contributed by atoms with van der Waals surface area (Å²) in [5.74, 6) is 0.985. The van der Waals surface area contributed by atoms with Gasteiger partial charge in [-0.2, -0.15) is 12.6 Å². The Bertz CT molecular complexity index is 881. The van der Waals surface area contributed by atoms with E-state index in [2.05, 4.69) is 84.2 Å². The smallest absolute Gasteiger partial charge is 0.330 e. The highest BCUT2D eigenvalue weighted by Gasteiger charge is 2.49. The van der Waals surface area contributed by atoms with E-state index in [-0.39, 0.29) is 10.7 Å². The first-order valence-electron chi connectivity index (χ1n) is 14.2. The number of rotatable bonds is 10. The molecule has 1 radical (unpaired) electrons. The maximum atomic E-state index is 13.1. The molecule has 0 unspecified atom stereocenters. The van der Waals surface area contributed by atoms with Gasteiger partial charge in [0.25, 0.3) is 0 Å². The van der Waals surface area contributed by atoms with Crippen molar-refractivity contribution >= 4 is 37.2 Å². The Balaban J connectivity index is 0.000000434. The normalized spacial score (nSPS) is 21.4. The lowest BCUT2D eigenvalue weighted by Crippen LogP contribution is -2.49. The second kappa shape index (κ2) is 11.8. The minimum atomic E-state index is -0.460. The van der Waals surface area contributed by atoms with Crippen LogP contribution >= 0.6 is 12.6 Å². The first-order chi connectivity index (χ1) is 16.5. The minimum Gasteiger partial charge on any atom is -0.428 e. The molecule has 0 bridgehead atoms. The molecule has 2 aliphatic rings. The topological polar surface area (TPSA) is 29.5 Å². The summed E-state index contributed by atoms with van der Waals surface area (Å²) < 4.78 is 5.81. The van der Waals surface area contributed by atoms with Gasteiger partial charge in [0, 0.05) is 16.5 Å². The number of unbranched alkanes of at least 4 members (excludes halogenated alkanes) is 1. The van der Waals surface area contributed by atoms with Gasteiger partial charge < -0.3 is 9.55 Å². The third-order valence-electron chi connectivity index (χ3n) is 8.99. The molecule has 0 aromatic heterocycles. The van der Waals surface area contributed by atoms with Crippen molar-refractivity contribution in [3.63, 3.8) is 0 Å². The fourth-order valence-corrected chi connectivity index (χ4v) is 4.73. The lowest BCUT2D eigenvalue weighted by Gasteiger charge is -2.41. The zero-order chi connectivity index (χ0) is 27.5. The molecule has 1 saturated carbocycles. The highest BCUT2D eigenvalue weighted by molar-refractivity contribution is 7.81. The summed E-state index contributed by atoms with van der Waals surface area (Å²) in [6.45, 7) is 23.7. The average Bonchev–Trinajstić information content (AvgIpc) is 2.96. The molecule has 36 heavy (non-hydrogen) atoms. The van der Waals surface area contributed by atoms with Gasteiger partial charge in [0.2, 0.25) is 5.91 Å². The summed E-state index contributed by atoms with van der Waals surface area (Å²) >= 11 is 4.66. The summed E-state index contributed by atoms with van der Waals surface area (Å²) in [5, 5.41) is 0. The van der Waals surface area contributed by atoms with E-state index in [0.29, 0.717) is 11.5 Å². The molecule has 1 amide bonds. The van der Waals surface area contributed by atoms with Crippen LogP contribution in [0.1, 0.15) is 127 Å². The maximum absolute atomic E-state index is 13.1. The average molecular weight is 515 g/mol. The van der Waals surface area contributed by atoms with Crippen molar-refractivity contribution in [1.29, 1.82) is 0 Å². The van der Waals surface area contributed by atoms with Crippen molar-refractivity contribution in [3.8, 4) is 0 Å². The number of hydrogen-bond donors (Lipinski definition) is 1. The fraction of sp³-hybridized carbons (Fsp3) is 0.774. The van der Waals surface area contributed by atoms with E-state index in [4.69, 9.17) is 4.65 Å². The first kappa shape index (κ1) is 31.3. The molecule has 5 heteroatoms. The van der Waals surface area contributed by atoms with Crippen molar-refractivity contribution in [2.24, 2.45) is 11.3 Å². The molecule has 3 rings (SSSR count). The quantitative estimate of drug-likeness (QED) is 0.254. The van der Waals surface area contributed by atoms with Crippen LogP contribution in [-0.4, -0.2) is 29.8 Å². The Kier molecular flexibility index (Phi) is 10.3. The van der Waals surface area contributed by atoms with Gasteiger partial charge in [-0.05, 0) is 83.8 Å². The van der Waals surface area contributed by atoms with Crippen LogP contribution in [0.25, 0.3) is 0 Å². The van der Waals surface area contributed by atoms with Gasteiger partial charge in [0.05, 0.1) is 11.0 Å². The van der Waals surface area contributed by atoms with Crippen LogP contribution in [0, 0.1) is 11.3 Å². The van der Waals surface area contributed by atoms with Crippen molar-refractivity contribution in [3.05, 3.63) is 23.8 Å². The number of amides is 1. The molecule has 203 valence electrons. The second-order valence-corrected chi connectivity index (χ2v) is 14.5. The number of carbonyl (C=O) groups is 1. The zero-order valence-corrected chi connectivity index (χ0v) is 26.0. The van der Waals surface area contributed by atoms with Gasteiger partial charge in [-0.3, -0.25) is 4.79 Å². The molecule has 1 aliphatic carbocycles. The number of thiol groups is 1.